The van der Waals surface area contributed by atoms with Crippen LogP contribution in [-0.2, 0) is 20.0 Å². The van der Waals surface area contributed by atoms with Gasteiger partial charge in [-0.1, -0.05) is 6.92 Å². The molecule has 0 aliphatic heterocycles. The summed E-state index contributed by atoms with van der Waals surface area (Å²) in [5.41, 5.74) is 9.43. The van der Waals surface area contributed by atoms with Crippen molar-refractivity contribution in [3.05, 3.63) is 22.8 Å². The molecule has 104 valence electrons. The van der Waals surface area contributed by atoms with E-state index >= 15 is 0 Å². The molecule has 0 aromatic carbocycles. The molecule has 0 saturated heterocycles. The van der Waals surface area contributed by atoms with Crippen molar-refractivity contribution in [2.45, 2.75) is 46.2 Å². The van der Waals surface area contributed by atoms with Crippen LogP contribution in [0.25, 0.3) is 0 Å². The maximum absolute atomic E-state index is 6.03. The molecule has 2 N–H and O–H groups in total. The highest BCUT2D eigenvalue weighted by Gasteiger charge is 2.15. The SMILES string of the molecule is CCC(N)Cc1c(C)nn(Cc2nnn(C)n2)c1C. The molecular formula is C12H21N7. The van der Waals surface area contributed by atoms with Gasteiger partial charge in [-0.2, -0.15) is 9.90 Å². The van der Waals surface area contributed by atoms with Gasteiger partial charge in [0, 0.05) is 11.7 Å². The minimum absolute atomic E-state index is 0.185. The number of aryl methyl sites for hydroxylation is 2. The van der Waals surface area contributed by atoms with Crippen LogP contribution < -0.4 is 5.73 Å². The zero-order valence-electron chi connectivity index (χ0n) is 12.0. The minimum Gasteiger partial charge on any atom is -0.327 e. The summed E-state index contributed by atoms with van der Waals surface area (Å²) in [7, 11) is 1.75. The van der Waals surface area contributed by atoms with Crippen molar-refractivity contribution in [2.24, 2.45) is 12.8 Å². The Morgan fingerprint density at radius 3 is 2.58 bits per heavy atom. The second kappa shape index (κ2) is 5.48. The number of nitrogens with zero attached hydrogens (tertiary/aromatic N) is 6. The fourth-order valence-corrected chi connectivity index (χ4v) is 2.11. The Hall–Kier alpha value is -1.76. The molecule has 19 heavy (non-hydrogen) atoms. The Morgan fingerprint density at radius 2 is 2.00 bits per heavy atom. The van der Waals surface area contributed by atoms with Crippen LogP contribution in [0.5, 0.6) is 0 Å². The average molecular weight is 263 g/mol. The molecule has 1 unspecified atom stereocenters. The molecular weight excluding hydrogens is 242 g/mol. The lowest BCUT2D eigenvalue weighted by molar-refractivity contribution is 0.608. The number of hydrogen-bond donors (Lipinski definition) is 1. The van der Waals surface area contributed by atoms with E-state index in [9.17, 15) is 0 Å². The highest BCUT2D eigenvalue weighted by Crippen LogP contribution is 2.16. The largest absolute Gasteiger partial charge is 0.327 e. The molecule has 0 fully saturated rings. The predicted octanol–water partition coefficient (Wildman–Crippen LogP) is 0.352. The van der Waals surface area contributed by atoms with E-state index in [1.54, 1.807) is 7.05 Å². The van der Waals surface area contributed by atoms with Crippen molar-refractivity contribution in [3.8, 4) is 0 Å². The Bertz CT molecular complexity index is 554. The Morgan fingerprint density at radius 1 is 1.26 bits per heavy atom. The van der Waals surface area contributed by atoms with Crippen molar-refractivity contribution >= 4 is 0 Å². The van der Waals surface area contributed by atoms with Gasteiger partial charge >= 0.3 is 0 Å². The molecule has 0 spiro atoms. The lowest BCUT2D eigenvalue weighted by atomic mass is 10.0. The second-order valence-corrected chi connectivity index (χ2v) is 4.87. The zero-order valence-corrected chi connectivity index (χ0v) is 12.0. The number of rotatable bonds is 5. The fourth-order valence-electron chi connectivity index (χ4n) is 2.11. The van der Waals surface area contributed by atoms with Crippen LogP contribution in [0.1, 0.15) is 36.1 Å². The molecule has 0 saturated carbocycles. The number of aromatic nitrogens is 6. The summed E-state index contributed by atoms with van der Waals surface area (Å²) in [6.07, 6.45) is 1.83. The topological polar surface area (TPSA) is 87.4 Å². The summed E-state index contributed by atoms with van der Waals surface area (Å²) in [5.74, 6) is 0.666. The van der Waals surface area contributed by atoms with Gasteiger partial charge in [0.05, 0.1) is 12.7 Å². The summed E-state index contributed by atoms with van der Waals surface area (Å²) in [6.45, 7) is 6.73. The molecule has 0 bridgehead atoms. The first kappa shape index (κ1) is 13.7. The van der Waals surface area contributed by atoms with E-state index in [1.165, 1.54) is 10.4 Å². The molecule has 2 aromatic heterocycles. The minimum atomic E-state index is 0.185. The van der Waals surface area contributed by atoms with Crippen molar-refractivity contribution < 1.29 is 0 Å². The number of nitrogens with two attached hydrogens (primary N) is 1. The monoisotopic (exact) mass is 263 g/mol. The van der Waals surface area contributed by atoms with E-state index in [-0.39, 0.29) is 6.04 Å². The van der Waals surface area contributed by atoms with E-state index in [0.29, 0.717) is 12.4 Å². The van der Waals surface area contributed by atoms with Gasteiger partial charge in [-0.3, -0.25) is 4.68 Å². The second-order valence-electron chi connectivity index (χ2n) is 4.87. The third-order valence-electron chi connectivity index (χ3n) is 3.36. The van der Waals surface area contributed by atoms with Crippen LogP contribution in [0.15, 0.2) is 0 Å². The molecule has 0 radical (unpaired) electrons. The van der Waals surface area contributed by atoms with E-state index < -0.39 is 0 Å². The Labute approximate surface area is 112 Å². The third-order valence-corrected chi connectivity index (χ3v) is 3.36. The van der Waals surface area contributed by atoms with E-state index in [2.05, 4.69) is 34.4 Å². The summed E-state index contributed by atoms with van der Waals surface area (Å²) in [5, 5.41) is 16.5. The quantitative estimate of drug-likeness (QED) is 0.841. The van der Waals surface area contributed by atoms with Crippen LogP contribution in [0.2, 0.25) is 0 Å². The van der Waals surface area contributed by atoms with Crippen LogP contribution >= 0.6 is 0 Å². The summed E-state index contributed by atoms with van der Waals surface area (Å²) in [6, 6.07) is 0.185. The molecule has 2 heterocycles. The van der Waals surface area contributed by atoms with Gasteiger partial charge in [-0.25, -0.2) is 0 Å². The Kier molecular flexibility index (Phi) is 3.94. The zero-order chi connectivity index (χ0) is 14.0. The average Bonchev–Trinajstić information content (AvgIpc) is 2.88. The summed E-state index contributed by atoms with van der Waals surface area (Å²) >= 11 is 0. The van der Waals surface area contributed by atoms with Crippen molar-refractivity contribution in [3.63, 3.8) is 0 Å². The van der Waals surface area contributed by atoms with Gasteiger partial charge in [0.25, 0.3) is 0 Å². The van der Waals surface area contributed by atoms with Gasteiger partial charge in [-0.05, 0) is 37.5 Å². The maximum atomic E-state index is 6.03. The predicted molar refractivity (Wildman–Crippen MR) is 71.6 cm³/mol. The molecule has 2 rings (SSSR count). The molecule has 0 amide bonds. The van der Waals surface area contributed by atoms with Gasteiger partial charge in [0.2, 0.25) is 0 Å². The van der Waals surface area contributed by atoms with Crippen LogP contribution in [-0.4, -0.2) is 36.0 Å². The van der Waals surface area contributed by atoms with E-state index in [0.717, 1.165) is 24.2 Å². The van der Waals surface area contributed by atoms with E-state index in [1.807, 2.05) is 11.6 Å². The van der Waals surface area contributed by atoms with Crippen LogP contribution in [0.3, 0.4) is 0 Å². The first-order valence-corrected chi connectivity index (χ1v) is 6.52. The lowest BCUT2D eigenvalue weighted by Crippen LogP contribution is -2.22. The Balaban J connectivity index is 2.20. The third kappa shape index (κ3) is 2.98. The fraction of sp³-hybridized carbons (Fsp3) is 0.667. The van der Waals surface area contributed by atoms with Crippen molar-refractivity contribution in [1.82, 2.24) is 30.0 Å². The van der Waals surface area contributed by atoms with Crippen LogP contribution in [0.4, 0.5) is 0 Å². The normalized spacial score (nSPS) is 12.9. The molecule has 7 heteroatoms. The van der Waals surface area contributed by atoms with Gasteiger partial charge in [0.1, 0.15) is 6.54 Å². The highest BCUT2D eigenvalue weighted by molar-refractivity contribution is 5.25. The molecule has 0 aliphatic carbocycles. The van der Waals surface area contributed by atoms with Crippen LogP contribution in [0, 0.1) is 13.8 Å². The standard InChI is InChI=1S/C12H21N7/c1-5-10(13)6-11-8(2)15-19(9(11)3)7-12-14-17-18(4)16-12/h10H,5-7,13H2,1-4H3. The van der Waals surface area contributed by atoms with Crippen molar-refractivity contribution in [1.29, 1.82) is 0 Å². The maximum Gasteiger partial charge on any atom is 0.196 e. The first-order valence-electron chi connectivity index (χ1n) is 6.52. The van der Waals surface area contributed by atoms with Gasteiger partial charge in [0.15, 0.2) is 5.82 Å². The van der Waals surface area contributed by atoms with Gasteiger partial charge in [-0.15, -0.1) is 10.2 Å². The summed E-state index contributed by atoms with van der Waals surface area (Å²) < 4.78 is 1.92. The lowest BCUT2D eigenvalue weighted by Gasteiger charge is -2.09. The molecule has 2 aromatic rings. The van der Waals surface area contributed by atoms with Crippen molar-refractivity contribution in [2.75, 3.05) is 0 Å². The van der Waals surface area contributed by atoms with E-state index in [4.69, 9.17) is 5.73 Å². The molecule has 0 aliphatic rings. The summed E-state index contributed by atoms with van der Waals surface area (Å²) in [4.78, 5) is 1.45. The highest BCUT2D eigenvalue weighted by atomic mass is 15.6. The molecule has 7 nitrogen and oxygen atoms in total. The smallest absolute Gasteiger partial charge is 0.196 e. The number of tetrazole rings is 1. The number of hydrogen-bond acceptors (Lipinski definition) is 5. The molecule has 1 atom stereocenters. The first-order chi connectivity index (χ1) is 9.01. The van der Waals surface area contributed by atoms with Gasteiger partial charge < -0.3 is 5.73 Å².